The molecule has 0 aromatic rings. The summed E-state index contributed by atoms with van der Waals surface area (Å²) in [5, 5.41) is 9.92. The maximum Gasteiger partial charge on any atom is 0.0683 e. The van der Waals surface area contributed by atoms with Gasteiger partial charge in [0.2, 0.25) is 0 Å². The van der Waals surface area contributed by atoms with Gasteiger partial charge in [-0.2, -0.15) is 0 Å². The molecule has 104 valence electrons. The lowest BCUT2D eigenvalue weighted by molar-refractivity contribution is -0.0665. The molecule has 1 N–H and O–H groups in total. The molecule has 3 unspecified atom stereocenters. The highest BCUT2D eigenvalue weighted by molar-refractivity contribution is 5.01. The second-order valence-electron chi connectivity index (χ2n) is 7.14. The summed E-state index contributed by atoms with van der Waals surface area (Å²) in [6.45, 7) is 5.41. The third-order valence-corrected chi connectivity index (χ3v) is 5.05. The number of rotatable bonds is 4. The van der Waals surface area contributed by atoms with Crippen LogP contribution in [0.4, 0.5) is 0 Å². The molecule has 2 heterocycles. The Bertz CT molecular complexity index is 311. The molecule has 0 aromatic heterocycles. The zero-order valence-electron chi connectivity index (χ0n) is 11.7. The molecule has 2 saturated heterocycles. The zero-order valence-corrected chi connectivity index (χ0v) is 11.7. The molecule has 3 aliphatic rings. The Hall–Kier alpha value is -0.120. The van der Waals surface area contributed by atoms with E-state index in [2.05, 4.69) is 13.8 Å². The summed E-state index contributed by atoms with van der Waals surface area (Å²) in [7, 11) is 0. The van der Waals surface area contributed by atoms with Gasteiger partial charge in [0.05, 0.1) is 24.4 Å². The Morgan fingerprint density at radius 2 is 1.94 bits per heavy atom. The molecule has 0 radical (unpaired) electrons. The van der Waals surface area contributed by atoms with Crippen LogP contribution < -0.4 is 0 Å². The highest BCUT2D eigenvalue weighted by Gasteiger charge is 2.52. The summed E-state index contributed by atoms with van der Waals surface area (Å²) >= 11 is 0. The first-order valence-corrected chi connectivity index (χ1v) is 7.45. The van der Waals surface area contributed by atoms with Crippen molar-refractivity contribution in [3.63, 3.8) is 0 Å². The largest absolute Gasteiger partial charge is 0.396 e. The lowest BCUT2D eigenvalue weighted by atomic mass is 9.75. The lowest BCUT2D eigenvalue weighted by Crippen LogP contribution is -2.39. The first-order valence-electron chi connectivity index (χ1n) is 7.45. The van der Waals surface area contributed by atoms with Crippen molar-refractivity contribution < 1.29 is 14.6 Å². The molecule has 1 aliphatic carbocycles. The van der Waals surface area contributed by atoms with E-state index < -0.39 is 0 Å². The summed E-state index contributed by atoms with van der Waals surface area (Å²) < 4.78 is 12.0. The van der Waals surface area contributed by atoms with Crippen LogP contribution in [0.15, 0.2) is 0 Å². The molecule has 0 bridgehead atoms. The van der Waals surface area contributed by atoms with Crippen molar-refractivity contribution in [3.05, 3.63) is 0 Å². The molecule has 1 saturated carbocycles. The number of aliphatic hydroxyl groups is 1. The van der Waals surface area contributed by atoms with E-state index in [9.17, 15) is 5.11 Å². The number of ether oxygens (including phenoxy) is 2. The standard InChI is InChI=1S/C15H26O3/c1-14(2)6-5-12(18-14)9-15(10-16)7-8-17-13(15)11-3-4-11/h11-13,16H,3-10H2,1-2H3. The molecular weight excluding hydrogens is 228 g/mol. The average Bonchev–Trinajstić information content (AvgIpc) is 2.99. The van der Waals surface area contributed by atoms with Crippen LogP contribution in [0.1, 0.15) is 52.4 Å². The van der Waals surface area contributed by atoms with Crippen LogP contribution in [-0.4, -0.2) is 36.1 Å². The van der Waals surface area contributed by atoms with Crippen molar-refractivity contribution >= 4 is 0 Å². The molecule has 3 heteroatoms. The molecule has 0 amide bonds. The van der Waals surface area contributed by atoms with E-state index in [1.54, 1.807) is 0 Å². The summed E-state index contributed by atoms with van der Waals surface area (Å²) in [6.07, 6.45) is 7.41. The molecule has 3 fully saturated rings. The topological polar surface area (TPSA) is 38.7 Å². The van der Waals surface area contributed by atoms with E-state index in [0.29, 0.717) is 12.0 Å². The van der Waals surface area contributed by atoms with Gasteiger partial charge in [-0.3, -0.25) is 0 Å². The average molecular weight is 254 g/mol. The van der Waals surface area contributed by atoms with E-state index in [4.69, 9.17) is 9.47 Å². The quantitative estimate of drug-likeness (QED) is 0.838. The highest BCUT2D eigenvalue weighted by Crippen LogP contribution is 2.51. The predicted molar refractivity (Wildman–Crippen MR) is 69.4 cm³/mol. The summed E-state index contributed by atoms with van der Waals surface area (Å²) in [6, 6.07) is 0. The predicted octanol–water partition coefficient (Wildman–Crippen LogP) is 2.51. The van der Waals surface area contributed by atoms with E-state index >= 15 is 0 Å². The van der Waals surface area contributed by atoms with Crippen LogP contribution in [0, 0.1) is 11.3 Å². The Morgan fingerprint density at radius 3 is 2.50 bits per heavy atom. The number of hydrogen-bond acceptors (Lipinski definition) is 3. The third-order valence-electron chi connectivity index (χ3n) is 5.05. The van der Waals surface area contributed by atoms with E-state index in [1.807, 2.05) is 0 Å². The van der Waals surface area contributed by atoms with Crippen LogP contribution >= 0.6 is 0 Å². The molecule has 0 spiro atoms. The fourth-order valence-corrected chi connectivity index (χ4v) is 3.87. The Balaban J connectivity index is 1.68. The van der Waals surface area contributed by atoms with Gasteiger partial charge in [0.15, 0.2) is 0 Å². The SMILES string of the molecule is CC1(C)CCC(CC2(CO)CCOC2C2CC2)O1. The van der Waals surface area contributed by atoms with Crippen LogP contribution in [0.2, 0.25) is 0 Å². The Labute approximate surface area is 110 Å². The van der Waals surface area contributed by atoms with Gasteiger partial charge in [0, 0.05) is 12.0 Å². The van der Waals surface area contributed by atoms with Gasteiger partial charge < -0.3 is 14.6 Å². The van der Waals surface area contributed by atoms with E-state index in [-0.39, 0.29) is 23.7 Å². The molecule has 2 aliphatic heterocycles. The minimum atomic E-state index is -0.0216. The van der Waals surface area contributed by atoms with Crippen molar-refractivity contribution in [2.24, 2.45) is 11.3 Å². The molecule has 18 heavy (non-hydrogen) atoms. The maximum atomic E-state index is 9.92. The second-order valence-corrected chi connectivity index (χ2v) is 7.14. The van der Waals surface area contributed by atoms with Gasteiger partial charge in [0.25, 0.3) is 0 Å². The monoisotopic (exact) mass is 254 g/mol. The van der Waals surface area contributed by atoms with Crippen molar-refractivity contribution in [1.29, 1.82) is 0 Å². The van der Waals surface area contributed by atoms with Gasteiger partial charge in [-0.25, -0.2) is 0 Å². The summed E-state index contributed by atoms with van der Waals surface area (Å²) in [4.78, 5) is 0. The number of aliphatic hydroxyl groups excluding tert-OH is 1. The van der Waals surface area contributed by atoms with E-state index in [1.165, 1.54) is 12.8 Å². The molecule has 3 nitrogen and oxygen atoms in total. The van der Waals surface area contributed by atoms with Crippen LogP contribution in [0.25, 0.3) is 0 Å². The fourth-order valence-electron chi connectivity index (χ4n) is 3.87. The second kappa shape index (κ2) is 4.46. The van der Waals surface area contributed by atoms with Gasteiger partial charge >= 0.3 is 0 Å². The third kappa shape index (κ3) is 2.33. The van der Waals surface area contributed by atoms with Gasteiger partial charge in [-0.05, 0) is 58.3 Å². The lowest BCUT2D eigenvalue weighted by Gasteiger charge is -2.35. The van der Waals surface area contributed by atoms with Crippen molar-refractivity contribution in [2.45, 2.75) is 70.2 Å². The minimum Gasteiger partial charge on any atom is -0.396 e. The van der Waals surface area contributed by atoms with Crippen molar-refractivity contribution in [3.8, 4) is 0 Å². The molecule has 0 aromatic carbocycles. The smallest absolute Gasteiger partial charge is 0.0683 e. The summed E-state index contributed by atoms with van der Waals surface area (Å²) in [5.74, 6) is 0.703. The first-order chi connectivity index (χ1) is 8.55. The highest BCUT2D eigenvalue weighted by atomic mass is 16.5. The zero-order chi connectivity index (χ0) is 12.8. The Kier molecular flexibility index (Phi) is 3.20. The Morgan fingerprint density at radius 1 is 1.17 bits per heavy atom. The summed E-state index contributed by atoms with van der Waals surface area (Å²) in [5.41, 5.74) is 0.00209. The normalized spacial score (nSPS) is 43.5. The maximum absolute atomic E-state index is 9.92. The van der Waals surface area contributed by atoms with Crippen LogP contribution in [0.3, 0.4) is 0 Å². The molecule has 3 rings (SSSR count). The van der Waals surface area contributed by atoms with Gasteiger partial charge in [-0.15, -0.1) is 0 Å². The number of hydrogen-bond donors (Lipinski definition) is 1. The van der Waals surface area contributed by atoms with Gasteiger partial charge in [-0.1, -0.05) is 0 Å². The van der Waals surface area contributed by atoms with Crippen molar-refractivity contribution in [1.82, 2.24) is 0 Å². The van der Waals surface area contributed by atoms with E-state index in [0.717, 1.165) is 32.3 Å². The minimum absolute atomic E-state index is 0.0216. The molecular formula is C15H26O3. The van der Waals surface area contributed by atoms with Crippen molar-refractivity contribution in [2.75, 3.05) is 13.2 Å². The fraction of sp³-hybridized carbons (Fsp3) is 1.00. The first kappa shape index (κ1) is 12.9. The van der Waals surface area contributed by atoms with Crippen LogP contribution in [0.5, 0.6) is 0 Å². The van der Waals surface area contributed by atoms with Gasteiger partial charge in [0.1, 0.15) is 0 Å². The van der Waals surface area contributed by atoms with Crippen LogP contribution in [-0.2, 0) is 9.47 Å². The molecule has 3 atom stereocenters.